The van der Waals surface area contributed by atoms with Gasteiger partial charge in [-0.05, 0) is 16.8 Å². The largest absolute Gasteiger partial charge is 0.270 e. The van der Waals surface area contributed by atoms with Gasteiger partial charge in [0.05, 0.1) is 4.92 Å². The minimum absolute atomic E-state index is 0.0304. The van der Waals surface area contributed by atoms with Crippen molar-refractivity contribution < 1.29 is 4.92 Å². The second-order valence-electron chi connectivity index (χ2n) is 3.01. The zero-order chi connectivity index (χ0) is 11.5. The minimum atomic E-state index is -0.476. The van der Waals surface area contributed by atoms with Gasteiger partial charge < -0.3 is 0 Å². The lowest BCUT2D eigenvalue weighted by Crippen LogP contribution is -1.91. The minimum Gasteiger partial charge on any atom is -0.258 e. The Morgan fingerprint density at radius 3 is 2.81 bits per heavy atom. The number of benzene rings is 1. The van der Waals surface area contributed by atoms with E-state index in [4.69, 9.17) is 0 Å². The Labute approximate surface area is 90.0 Å². The first-order valence-electron chi connectivity index (χ1n) is 4.36. The standard InChI is InChI=1S/C9H7N5O2/c1-2-6-3-7(9-10-12-13-11-9)5-8(4-6)14(15)16/h2-5H,1H2,(H,10,11,12,13). The van der Waals surface area contributed by atoms with Gasteiger partial charge in [0.1, 0.15) is 0 Å². The second kappa shape index (κ2) is 3.89. The summed E-state index contributed by atoms with van der Waals surface area (Å²) in [6.07, 6.45) is 1.52. The summed E-state index contributed by atoms with van der Waals surface area (Å²) in [7, 11) is 0. The van der Waals surface area contributed by atoms with Crippen LogP contribution >= 0.6 is 0 Å². The van der Waals surface area contributed by atoms with Gasteiger partial charge in [0.15, 0.2) is 0 Å². The van der Waals surface area contributed by atoms with Gasteiger partial charge in [-0.15, -0.1) is 10.2 Å². The maximum absolute atomic E-state index is 10.7. The highest BCUT2D eigenvalue weighted by Crippen LogP contribution is 2.23. The molecule has 0 bridgehead atoms. The third-order valence-corrected chi connectivity index (χ3v) is 1.99. The lowest BCUT2D eigenvalue weighted by atomic mass is 10.1. The fourth-order valence-electron chi connectivity index (χ4n) is 1.27. The summed E-state index contributed by atoms with van der Waals surface area (Å²) in [5.41, 5.74) is 1.13. The molecule has 0 aliphatic rings. The van der Waals surface area contributed by atoms with Crippen LogP contribution in [0, 0.1) is 10.1 Å². The SMILES string of the molecule is C=Cc1cc(-c2nn[nH]n2)cc([N+](=O)[O-])c1. The number of hydrogen-bond acceptors (Lipinski definition) is 5. The lowest BCUT2D eigenvalue weighted by molar-refractivity contribution is -0.384. The number of rotatable bonds is 3. The van der Waals surface area contributed by atoms with Crippen molar-refractivity contribution in [2.75, 3.05) is 0 Å². The van der Waals surface area contributed by atoms with Crippen molar-refractivity contribution in [1.82, 2.24) is 20.6 Å². The van der Waals surface area contributed by atoms with E-state index in [-0.39, 0.29) is 5.69 Å². The number of H-pyrrole nitrogens is 1. The van der Waals surface area contributed by atoms with Gasteiger partial charge in [0, 0.05) is 17.7 Å². The lowest BCUT2D eigenvalue weighted by Gasteiger charge is -1.98. The van der Waals surface area contributed by atoms with E-state index in [9.17, 15) is 10.1 Å². The van der Waals surface area contributed by atoms with E-state index in [2.05, 4.69) is 27.2 Å². The molecule has 7 nitrogen and oxygen atoms in total. The maximum atomic E-state index is 10.7. The molecule has 80 valence electrons. The molecule has 1 aromatic carbocycles. The molecule has 0 aliphatic carbocycles. The van der Waals surface area contributed by atoms with Crippen molar-refractivity contribution in [2.45, 2.75) is 0 Å². The predicted octanol–water partition coefficient (Wildman–Crippen LogP) is 1.42. The quantitative estimate of drug-likeness (QED) is 0.619. The molecule has 2 rings (SSSR count). The third-order valence-electron chi connectivity index (χ3n) is 1.99. The molecule has 2 aromatic rings. The Balaban J connectivity index is 2.58. The summed E-state index contributed by atoms with van der Waals surface area (Å²) in [5.74, 6) is 0.312. The molecule has 1 heterocycles. The van der Waals surface area contributed by atoms with Crippen LogP contribution in [0.4, 0.5) is 5.69 Å². The summed E-state index contributed by atoms with van der Waals surface area (Å²) < 4.78 is 0. The van der Waals surface area contributed by atoms with Crippen LogP contribution in [-0.2, 0) is 0 Å². The van der Waals surface area contributed by atoms with E-state index in [0.717, 1.165) is 0 Å². The van der Waals surface area contributed by atoms with Gasteiger partial charge >= 0.3 is 0 Å². The monoisotopic (exact) mass is 217 g/mol. The van der Waals surface area contributed by atoms with Gasteiger partial charge in [-0.1, -0.05) is 12.7 Å². The van der Waals surface area contributed by atoms with E-state index in [1.165, 1.54) is 18.2 Å². The smallest absolute Gasteiger partial charge is 0.258 e. The Morgan fingerprint density at radius 1 is 1.44 bits per heavy atom. The van der Waals surface area contributed by atoms with Crippen molar-refractivity contribution in [3.05, 3.63) is 40.5 Å². The van der Waals surface area contributed by atoms with Gasteiger partial charge in [-0.2, -0.15) is 5.21 Å². The van der Waals surface area contributed by atoms with Gasteiger partial charge in [0.25, 0.3) is 5.69 Å². The van der Waals surface area contributed by atoms with Crippen molar-refractivity contribution >= 4 is 11.8 Å². The number of nitrogens with one attached hydrogen (secondary N) is 1. The average Bonchev–Trinajstić information content (AvgIpc) is 2.81. The molecule has 0 fully saturated rings. The molecule has 7 heteroatoms. The number of aromatic amines is 1. The van der Waals surface area contributed by atoms with E-state index in [1.54, 1.807) is 6.07 Å². The number of tetrazole rings is 1. The van der Waals surface area contributed by atoms with E-state index < -0.39 is 4.92 Å². The predicted molar refractivity (Wildman–Crippen MR) is 56.4 cm³/mol. The van der Waals surface area contributed by atoms with E-state index >= 15 is 0 Å². The molecule has 0 radical (unpaired) electrons. The van der Waals surface area contributed by atoms with Crippen LogP contribution in [0.25, 0.3) is 17.5 Å². The summed E-state index contributed by atoms with van der Waals surface area (Å²) in [4.78, 5) is 10.2. The Hall–Kier alpha value is -2.57. The van der Waals surface area contributed by atoms with Crippen molar-refractivity contribution in [3.63, 3.8) is 0 Å². The normalized spacial score (nSPS) is 10.0. The molecule has 0 unspecified atom stereocenters. The second-order valence-corrected chi connectivity index (χ2v) is 3.01. The van der Waals surface area contributed by atoms with Crippen LogP contribution in [0.3, 0.4) is 0 Å². The van der Waals surface area contributed by atoms with Gasteiger partial charge in [-0.25, -0.2) is 0 Å². The van der Waals surface area contributed by atoms with Crippen LogP contribution in [0.2, 0.25) is 0 Å². The Bertz CT molecular complexity index is 535. The van der Waals surface area contributed by atoms with Crippen LogP contribution in [0.15, 0.2) is 24.8 Å². The zero-order valence-electron chi connectivity index (χ0n) is 8.12. The number of nitrogens with zero attached hydrogens (tertiary/aromatic N) is 4. The molecule has 0 spiro atoms. The summed E-state index contributed by atoms with van der Waals surface area (Å²) >= 11 is 0. The highest BCUT2D eigenvalue weighted by molar-refractivity contribution is 5.65. The topological polar surface area (TPSA) is 97.6 Å². The molecule has 1 N–H and O–H groups in total. The molecule has 0 aliphatic heterocycles. The van der Waals surface area contributed by atoms with Crippen molar-refractivity contribution in [2.24, 2.45) is 0 Å². The summed E-state index contributed by atoms with van der Waals surface area (Å²) in [5, 5.41) is 23.9. The molecule has 0 saturated carbocycles. The zero-order valence-corrected chi connectivity index (χ0v) is 8.12. The Morgan fingerprint density at radius 2 is 2.25 bits per heavy atom. The third kappa shape index (κ3) is 1.78. The Kier molecular flexibility index (Phi) is 2.42. The molecule has 0 saturated heterocycles. The number of nitro groups is 1. The maximum Gasteiger partial charge on any atom is 0.270 e. The molecule has 0 amide bonds. The number of non-ortho nitro benzene ring substituents is 1. The van der Waals surface area contributed by atoms with E-state index in [0.29, 0.717) is 17.0 Å². The van der Waals surface area contributed by atoms with Gasteiger partial charge in [-0.3, -0.25) is 10.1 Å². The van der Waals surface area contributed by atoms with Crippen LogP contribution < -0.4 is 0 Å². The fraction of sp³-hybridized carbons (Fsp3) is 0. The van der Waals surface area contributed by atoms with Gasteiger partial charge in [0.2, 0.25) is 5.82 Å². The molecule has 1 aromatic heterocycles. The van der Waals surface area contributed by atoms with E-state index in [1.807, 2.05) is 0 Å². The summed E-state index contributed by atoms with van der Waals surface area (Å²) in [6, 6.07) is 4.51. The highest BCUT2D eigenvalue weighted by atomic mass is 16.6. The van der Waals surface area contributed by atoms with Crippen LogP contribution in [0.5, 0.6) is 0 Å². The molecule has 0 atom stereocenters. The fourth-order valence-corrected chi connectivity index (χ4v) is 1.27. The first-order valence-corrected chi connectivity index (χ1v) is 4.36. The highest BCUT2D eigenvalue weighted by Gasteiger charge is 2.11. The van der Waals surface area contributed by atoms with Crippen molar-refractivity contribution in [1.29, 1.82) is 0 Å². The number of hydrogen-bond donors (Lipinski definition) is 1. The number of nitro benzene ring substituents is 1. The van der Waals surface area contributed by atoms with Crippen molar-refractivity contribution in [3.8, 4) is 11.4 Å². The molecular weight excluding hydrogens is 210 g/mol. The average molecular weight is 217 g/mol. The summed E-state index contributed by atoms with van der Waals surface area (Å²) in [6.45, 7) is 3.57. The van der Waals surface area contributed by atoms with Crippen LogP contribution in [0.1, 0.15) is 5.56 Å². The first-order chi connectivity index (χ1) is 7.70. The number of aromatic nitrogens is 4. The molecule has 16 heavy (non-hydrogen) atoms. The van der Waals surface area contributed by atoms with Crippen LogP contribution in [-0.4, -0.2) is 25.5 Å². The first kappa shape index (κ1) is 9.97. The molecular formula is C9H7N5O2.